The summed E-state index contributed by atoms with van der Waals surface area (Å²) >= 11 is 0. The van der Waals surface area contributed by atoms with E-state index in [0.29, 0.717) is 13.0 Å². The first kappa shape index (κ1) is 10.8. The van der Waals surface area contributed by atoms with Gasteiger partial charge in [-0.05, 0) is 18.6 Å². The van der Waals surface area contributed by atoms with Gasteiger partial charge in [0.1, 0.15) is 11.8 Å². The fourth-order valence-electron chi connectivity index (χ4n) is 1.84. The summed E-state index contributed by atoms with van der Waals surface area (Å²) in [6.45, 7) is 2.22. The molecule has 1 heterocycles. The van der Waals surface area contributed by atoms with Crippen molar-refractivity contribution in [3.63, 3.8) is 0 Å². The number of hydrogen-bond donors (Lipinski definition) is 1. The molecule has 0 saturated carbocycles. The van der Waals surface area contributed by atoms with Crippen LogP contribution < -0.4 is 10.1 Å². The summed E-state index contributed by atoms with van der Waals surface area (Å²) in [7, 11) is 1.62. The molecule has 1 aliphatic rings. The number of esters is 1. The lowest BCUT2D eigenvalue weighted by molar-refractivity contribution is -0.143. The zero-order chi connectivity index (χ0) is 11.5. The zero-order valence-electron chi connectivity index (χ0n) is 9.45. The Morgan fingerprint density at radius 3 is 3.06 bits per heavy atom. The Morgan fingerprint density at radius 2 is 2.38 bits per heavy atom. The first-order chi connectivity index (χ1) is 7.74. The van der Waals surface area contributed by atoms with Crippen molar-refractivity contribution < 1.29 is 14.3 Å². The van der Waals surface area contributed by atoms with Crippen LogP contribution in [0.2, 0.25) is 0 Å². The predicted octanol–water partition coefficient (Wildman–Crippen LogP) is 1.59. The molecule has 0 aliphatic carbocycles. The summed E-state index contributed by atoms with van der Waals surface area (Å²) in [5.41, 5.74) is 2.08. The molecular formula is C12H15NO3. The SMILES string of the molecule is CCOC(=O)[C@H]1Cc2ccc(OC)cc2N1. The molecule has 0 radical (unpaired) electrons. The van der Waals surface area contributed by atoms with E-state index in [2.05, 4.69) is 5.32 Å². The van der Waals surface area contributed by atoms with Gasteiger partial charge in [-0.1, -0.05) is 6.07 Å². The highest BCUT2D eigenvalue weighted by molar-refractivity contribution is 5.83. The quantitative estimate of drug-likeness (QED) is 0.787. The lowest BCUT2D eigenvalue weighted by atomic mass is 10.1. The number of benzene rings is 1. The summed E-state index contributed by atoms with van der Waals surface area (Å²) in [4.78, 5) is 11.6. The molecule has 1 atom stereocenters. The zero-order valence-corrected chi connectivity index (χ0v) is 9.45. The second-order valence-corrected chi connectivity index (χ2v) is 3.68. The van der Waals surface area contributed by atoms with Gasteiger partial charge in [-0.2, -0.15) is 0 Å². The molecule has 1 N–H and O–H groups in total. The number of rotatable bonds is 3. The number of anilines is 1. The molecule has 0 aromatic heterocycles. The van der Waals surface area contributed by atoms with Gasteiger partial charge in [0, 0.05) is 18.2 Å². The molecule has 1 aromatic rings. The molecule has 16 heavy (non-hydrogen) atoms. The van der Waals surface area contributed by atoms with Crippen molar-refractivity contribution in [3.8, 4) is 5.75 Å². The van der Waals surface area contributed by atoms with Crippen LogP contribution in [0.25, 0.3) is 0 Å². The van der Waals surface area contributed by atoms with Crippen LogP contribution in [-0.4, -0.2) is 25.7 Å². The molecule has 0 unspecified atom stereocenters. The van der Waals surface area contributed by atoms with E-state index in [4.69, 9.17) is 9.47 Å². The van der Waals surface area contributed by atoms with Crippen LogP contribution in [0.15, 0.2) is 18.2 Å². The minimum absolute atomic E-state index is 0.197. The maximum atomic E-state index is 11.6. The smallest absolute Gasteiger partial charge is 0.328 e. The monoisotopic (exact) mass is 221 g/mol. The van der Waals surface area contributed by atoms with Gasteiger partial charge < -0.3 is 14.8 Å². The minimum Gasteiger partial charge on any atom is -0.497 e. The van der Waals surface area contributed by atoms with Gasteiger partial charge >= 0.3 is 5.97 Å². The summed E-state index contributed by atoms with van der Waals surface area (Å²) in [6, 6.07) is 5.50. The number of ether oxygens (including phenoxy) is 2. The molecule has 0 fully saturated rings. The fraction of sp³-hybridized carbons (Fsp3) is 0.417. The van der Waals surface area contributed by atoms with Crippen molar-refractivity contribution in [2.24, 2.45) is 0 Å². The summed E-state index contributed by atoms with van der Waals surface area (Å²) in [5, 5.41) is 3.14. The van der Waals surface area contributed by atoms with Gasteiger partial charge in [0.05, 0.1) is 13.7 Å². The van der Waals surface area contributed by atoms with Crippen LogP contribution in [0.1, 0.15) is 12.5 Å². The fourth-order valence-corrected chi connectivity index (χ4v) is 1.84. The van der Waals surface area contributed by atoms with E-state index in [0.717, 1.165) is 17.0 Å². The molecule has 1 aliphatic heterocycles. The van der Waals surface area contributed by atoms with E-state index in [1.165, 1.54) is 0 Å². The lowest BCUT2D eigenvalue weighted by Gasteiger charge is -2.09. The van der Waals surface area contributed by atoms with Gasteiger partial charge in [0.2, 0.25) is 0 Å². The normalized spacial score (nSPS) is 17.5. The Kier molecular flexibility index (Phi) is 2.99. The van der Waals surface area contributed by atoms with Crippen molar-refractivity contribution in [1.82, 2.24) is 0 Å². The molecule has 4 nitrogen and oxygen atoms in total. The highest BCUT2D eigenvalue weighted by Gasteiger charge is 2.27. The predicted molar refractivity (Wildman–Crippen MR) is 60.7 cm³/mol. The average Bonchev–Trinajstić information content (AvgIpc) is 2.71. The number of carbonyl (C=O) groups is 1. The maximum absolute atomic E-state index is 11.6. The van der Waals surface area contributed by atoms with Gasteiger partial charge in [-0.15, -0.1) is 0 Å². The van der Waals surface area contributed by atoms with E-state index in [9.17, 15) is 4.79 Å². The van der Waals surface area contributed by atoms with E-state index < -0.39 is 0 Å². The largest absolute Gasteiger partial charge is 0.497 e. The van der Waals surface area contributed by atoms with Crippen molar-refractivity contribution in [3.05, 3.63) is 23.8 Å². The van der Waals surface area contributed by atoms with Crippen molar-refractivity contribution in [2.45, 2.75) is 19.4 Å². The highest BCUT2D eigenvalue weighted by atomic mass is 16.5. The molecule has 0 bridgehead atoms. The van der Waals surface area contributed by atoms with Crippen LogP contribution in [-0.2, 0) is 16.0 Å². The number of hydrogen-bond acceptors (Lipinski definition) is 4. The second-order valence-electron chi connectivity index (χ2n) is 3.68. The topological polar surface area (TPSA) is 47.6 Å². The molecular weight excluding hydrogens is 206 g/mol. The van der Waals surface area contributed by atoms with Crippen LogP contribution in [0, 0.1) is 0 Å². The summed E-state index contributed by atoms with van der Waals surface area (Å²) in [5.74, 6) is 0.591. The van der Waals surface area contributed by atoms with Crippen LogP contribution in [0.5, 0.6) is 5.75 Å². The van der Waals surface area contributed by atoms with Gasteiger partial charge in [0.15, 0.2) is 0 Å². The Labute approximate surface area is 94.6 Å². The Bertz CT molecular complexity index is 403. The van der Waals surface area contributed by atoms with Crippen LogP contribution >= 0.6 is 0 Å². The Morgan fingerprint density at radius 1 is 1.56 bits per heavy atom. The minimum atomic E-state index is -0.262. The molecule has 1 aromatic carbocycles. The van der Waals surface area contributed by atoms with Crippen molar-refractivity contribution >= 4 is 11.7 Å². The summed E-state index contributed by atoms with van der Waals surface area (Å²) in [6.07, 6.45) is 0.679. The van der Waals surface area contributed by atoms with E-state index >= 15 is 0 Å². The third-order valence-corrected chi connectivity index (χ3v) is 2.64. The van der Waals surface area contributed by atoms with Crippen molar-refractivity contribution in [2.75, 3.05) is 19.0 Å². The molecule has 86 valence electrons. The molecule has 0 spiro atoms. The van der Waals surface area contributed by atoms with Gasteiger partial charge in [0.25, 0.3) is 0 Å². The molecule has 4 heteroatoms. The lowest BCUT2D eigenvalue weighted by Crippen LogP contribution is -2.28. The highest BCUT2D eigenvalue weighted by Crippen LogP contribution is 2.29. The molecule has 0 saturated heterocycles. The van der Waals surface area contributed by atoms with Crippen molar-refractivity contribution in [1.29, 1.82) is 0 Å². The first-order valence-corrected chi connectivity index (χ1v) is 5.34. The number of fused-ring (bicyclic) bond motifs is 1. The van der Waals surface area contributed by atoms with E-state index in [-0.39, 0.29) is 12.0 Å². The Hall–Kier alpha value is -1.71. The number of carbonyl (C=O) groups excluding carboxylic acids is 1. The van der Waals surface area contributed by atoms with Gasteiger partial charge in [-0.3, -0.25) is 0 Å². The van der Waals surface area contributed by atoms with Crippen LogP contribution in [0.4, 0.5) is 5.69 Å². The molecule has 2 rings (SSSR count). The number of nitrogens with one attached hydrogen (secondary N) is 1. The number of methoxy groups -OCH3 is 1. The average molecular weight is 221 g/mol. The maximum Gasteiger partial charge on any atom is 0.328 e. The van der Waals surface area contributed by atoms with Gasteiger partial charge in [-0.25, -0.2) is 4.79 Å². The third-order valence-electron chi connectivity index (χ3n) is 2.64. The summed E-state index contributed by atoms with van der Waals surface area (Å²) < 4.78 is 10.1. The van der Waals surface area contributed by atoms with Crippen LogP contribution in [0.3, 0.4) is 0 Å². The van der Waals surface area contributed by atoms with E-state index in [1.54, 1.807) is 7.11 Å². The third kappa shape index (κ3) is 1.96. The van der Waals surface area contributed by atoms with E-state index in [1.807, 2.05) is 25.1 Å². The Balaban J connectivity index is 2.11. The standard InChI is InChI=1S/C12H15NO3/c1-3-16-12(14)11-6-8-4-5-9(15-2)7-10(8)13-11/h4-5,7,11,13H,3,6H2,1-2H3/t11-/m1/s1. The first-order valence-electron chi connectivity index (χ1n) is 5.34. The second kappa shape index (κ2) is 4.43. The molecule has 0 amide bonds.